The first-order chi connectivity index (χ1) is 29.2. The molecule has 0 aliphatic carbocycles. The Labute approximate surface area is 342 Å². The van der Waals surface area contributed by atoms with Crippen molar-refractivity contribution in [3.63, 3.8) is 0 Å². The molecule has 0 bridgehead atoms. The van der Waals surface area contributed by atoms with Crippen LogP contribution in [0.15, 0.2) is 223 Å². The monoisotopic (exact) mass is 752 g/mol. The van der Waals surface area contributed by atoms with Crippen LogP contribution in [0.4, 0.5) is 0 Å². The summed E-state index contributed by atoms with van der Waals surface area (Å²) < 4.78 is 6.73. The summed E-state index contributed by atoms with van der Waals surface area (Å²) in [6.07, 6.45) is 0. The highest BCUT2D eigenvalue weighted by Crippen LogP contribution is 2.42. The van der Waals surface area contributed by atoms with Crippen molar-refractivity contribution >= 4 is 32.7 Å². The summed E-state index contributed by atoms with van der Waals surface area (Å²) in [5.41, 5.74) is 16.1. The van der Waals surface area contributed by atoms with E-state index in [1.807, 2.05) is 36.4 Å². The number of aromatic nitrogens is 2. The number of furan rings is 1. The standard InChI is InChI=1S/C56H36N2O/c1-4-14-39(15-5-1)45-20-10-11-21-46(45)44-32-33-48-51-35-50(47-22-12-13-23-49(47)55(51)59-54(48)34-44)40-28-24-37(25-29-40)38-26-30-42(31-27-38)53-36-52(41-16-6-2-7-17-41)57-56(58-53)43-18-8-3-9-19-43/h1-36H. The zero-order valence-corrected chi connectivity index (χ0v) is 32.1. The molecule has 0 amide bonds. The quantitative estimate of drug-likeness (QED) is 0.163. The highest BCUT2D eigenvalue weighted by Gasteiger charge is 2.17. The predicted octanol–water partition coefficient (Wildman–Crippen LogP) is 15.2. The fraction of sp³-hybridized carbons (Fsp3) is 0. The van der Waals surface area contributed by atoms with Gasteiger partial charge in [0.2, 0.25) is 0 Å². The van der Waals surface area contributed by atoms with E-state index in [0.29, 0.717) is 5.82 Å². The molecular weight excluding hydrogens is 717 g/mol. The van der Waals surface area contributed by atoms with Crippen LogP contribution in [0.25, 0.3) is 111 Å². The van der Waals surface area contributed by atoms with Crippen molar-refractivity contribution in [1.82, 2.24) is 9.97 Å². The molecule has 0 atom stereocenters. The van der Waals surface area contributed by atoms with Crippen LogP contribution < -0.4 is 0 Å². The Balaban J connectivity index is 0.934. The molecule has 0 unspecified atom stereocenters. The van der Waals surface area contributed by atoms with Gasteiger partial charge in [-0.05, 0) is 74.2 Å². The molecule has 0 saturated carbocycles. The molecule has 0 N–H and O–H groups in total. The molecule has 59 heavy (non-hydrogen) atoms. The van der Waals surface area contributed by atoms with Crippen LogP contribution in [0, 0.1) is 0 Å². The molecule has 2 heterocycles. The Bertz CT molecular complexity index is 3220. The van der Waals surface area contributed by atoms with Gasteiger partial charge in [0.05, 0.1) is 11.4 Å². The van der Waals surface area contributed by atoms with Gasteiger partial charge in [0.15, 0.2) is 5.82 Å². The summed E-state index contributed by atoms with van der Waals surface area (Å²) in [7, 11) is 0. The second-order valence-electron chi connectivity index (χ2n) is 14.9. The second-order valence-corrected chi connectivity index (χ2v) is 14.9. The van der Waals surface area contributed by atoms with E-state index in [-0.39, 0.29) is 0 Å². The lowest BCUT2D eigenvalue weighted by molar-refractivity contribution is 0.673. The molecule has 0 radical (unpaired) electrons. The third-order valence-corrected chi connectivity index (χ3v) is 11.3. The zero-order chi connectivity index (χ0) is 39.1. The third-order valence-electron chi connectivity index (χ3n) is 11.3. The molecule has 11 aromatic rings. The predicted molar refractivity (Wildman–Crippen MR) is 245 cm³/mol. The fourth-order valence-corrected chi connectivity index (χ4v) is 8.35. The van der Waals surface area contributed by atoms with Gasteiger partial charge in [-0.3, -0.25) is 0 Å². The molecule has 0 aliphatic rings. The minimum atomic E-state index is 0.713. The first-order valence-corrected chi connectivity index (χ1v) is 20.0. The number of rotatable bonds is 7. The second kappa shape index (κ2) is 14.6. The van der Waals surface area contributed by atoms with E-state index in [4.69, 9.17) is 14.4 Å². The van der Waals surface area contributed by atoms with Crippen LogP contribution >= 0.6 is 0 Å². The minimum Gasteiger partial charge on any atom is -0.455 e. The smallest absolute Gasteiger partial charge is 0.160 e. The summed E-state index contributed by atoms with van der Waals surface area (Å²) in [5, 5.41) is 4.50. The lowest BCUT2D eigenvalue weighted by Crippen LogP contribution is -1.95. The van der Waals surface area contributed by atoms with Crippen LogP contribution in [0.5, 0.6) is 0 Å². The fourth-order valence-electron chi connectivity index (χ4n) is 8.35. The molecule has 9 aromatic carbocycles. The molecular formula is C56H36N2O. The summed E-state index contributed by atoms with van der Waals surface area (Å²) in [4.78, 5) is 9.98. The average Bonchev–Trinajstić information content (AvgIpc) is 3.70. The van der Waals surface area contributed by atoms with E-state index in [9.17, 15) is 0 Å². The van der Waals surface area contributed by atoms with Crippen LogP contribution in [0.2, 0.25) is 0 Å². The van der Waals surface area contributed by atoms with Gasteiger partial charge in [-0.15, -0.1) is 0 Å². The van der Waals surface area contributed by atoms with Crippen molar-refractivity contribution in [2.75, 3.05) is 0 Å². The Morgan fingerprint density at radius 1 is 0.271 bits per heavy atom. The first kappa shape index (κ1) is 34.4. The molecule has 0 aliphatic heterocycles. The normalized spacial score (nSPS) is 11.4. The lowest BCUT2D eigenvalue weighted by atomic mass is 9.93. The summed E-state index contributed by atoms with van der Waals surface area (Å²) >= 11 is 0. The molecule has 3 nitrogen and oxygen atoms in total. The largest absolute Gasteiger partial charge is 0.455 e. The number of benzene rings is 9. The van der Waals surface area contributed by atoms with Crippen molar-refractivity contribution in [3.8, 4) is 78.4 Å². The van der Waals surface area contributed by atoms with E-state index in [1.54, 1.807) is 0 Å². The molecule has 3 heteroatoms. The van der Waals surface area contributed by atoms with E-state index < -0.39 is 0 Å². The molecule has 2 aromatic heterocycles. The Morgan fingerprint density at radius 2 is 0.729 bits per heavy atom. The van der Waals surface area contributed by atoms with E-state index in [0.717, 1.165) is 77.7 Å². The molecule has 0 fully saturated rings. The Hall–Kier alpha value is -7.88. The molecule has 0 saturated heterocycles. The van der Waals surface area contributed by atoms with E-state index in [2.05, 4.69) is 182 Å². The van der Waals surface area contributed by atoms with Crippen molar-refractivity contribution in [2.45, 2.75) is 0 Å². The van der Waals surface area contributed by atoms with Gasteiger partial charge in [-0.25, -0.2) is 9.97 Å². The van der Waals surface area contributed by atoms with Gasteiger partial charge < -0.3 is 4.42 Å². The average molecular weight is 753 g/mol. The van der Waals surface area contributed by atoms with Crippen LogP contribution in [0.1, 0.15) is 0 Å². The van der Waals surface area contributed by atoms with Gasteiger partial charge in [0, 0.05) is 32.8 Å². The molecule has 11 rings (SSSR count). The number of fused-ring (bicyclic) bond motifs is 5. The zero-order valence-electron chi connectivity index (χ0n) is 32.1. The van der Waals surface area contributed by atoms with Crippen molar-refractivity contribution in [1.29, 1.82) is 0 Å². The Kier molecular flexibility index (Phi) is 8.49. The van der Waals surface area contributed by atoms with Crippen molar-refractivity contribution in [3.05, 3.63) is 218 Å². The number of hydrogen-bond donors (Lipinski definition) is 0. The van der Waals surface area contributed by atoms with Gasteiger partial charge >= 0.3 is 0 Å². The minimum absolute atomic E-state index is 0.713. The number of nitrogens with zero attached hydrogens (tertiary/aromatic N) is 2. The highest BCUT2D eigenvalue weighted by atomic mass is 16.3. The highest BCUT2D eigenvalue weighted by molar-refractivity contribution is 6.19. The van der Waals surface area contributed by atoms with Gasteiger partial charge in [-0.1, -0.05) is 194 Å². The first-order valence-electron chi connectivity index (χ1n) is 20.0. The van der Waals surface area contributed by atoms with Gasteiger partial charge in [0.1, 0.15) is 11.2 Å². The summed E-state index contributed by atoms with van der Waals surface area (Å²) in [5.74, 6) is 0.713. The molecule has 0 spiro atoms. The Morgan fingerprint density at radius 3 is 1.37 bits per heavy atom. The van der Waals surface area contributed by atoms with E-state index in [1.165, 1.54) is 27.6 Å². The maximum atomic E-state index is 6.73. The summed E-state index contributed by atoms with van der Waals surface area (Å²) in [6, 6.07) is 76.8. The maximum Gasteiger partial charge on any atom is 0.160 e. The van der Waals surface area contributed by atoms with E-state index >= 15 is 0 Å². The van der Waals surface area contributed by atoms with Crippen LogP contribution in [0.3, 0.4) is 0 Å². The maximum absolute atomic E-state index is 6.73. The van der Waals surface area contributed by atoms with Crippen LogP contribution in [-0.4, -0.2) is 9.97 Å². The topological polar surface area (TPSA) is 38.9 Å². The SMILES string of the molecule is c1ccc(-c2cc(-c3ccc(-c4ccc(-c5cc6c7ccc(-c8ccccc8-c8ccccc8)cc7oc6c6ccccc56)cc4)cc3)nc(-c3ccccc3)n2)cc1. The number of hydrogen-bond acceptors (Lipinski definition) is 3. The third kappa shape index (κ3) is 6.36. The lowest BCUT2D eigenvalue weighted by Gasteiger charge is -2.11. The van der Waals surface area contributed by atoms with Gasteiger partial charge in [0.25, 0.3) is 0 Å². The summed E-state index contributed by atoms with van der Waals surface area (Å²) in [6.45, 7) is 0. The van der Waals surface area contributed by atoms with Gasteiger partial charge in [-0.2, -0.15) is 0 Å². The van der Waals surface area contributed by atoms with Crippen molar-refractivity contribution in [2.24, 2.45) is 0 Å². The molecule has 276 valence electrons. The van der Waals surface area contributed by atoms with Crippen LogP contribution in [-0.2, 0) is 0 Å². The van der Waals surface area contributed by atoms with Crippen molar-refractivity contribution < 1.29 is 4.42 Å².